The Bertz CT molecular complexity index is 985. The molecule has 0 saturated heterocycles. The number of unbranched alkanes of at least 4 members (excludes halogenated alkanes) is 38. The first-order chi connectivity index (χ1) is 30.7. The minimum Gasteiger partial charge on any atom is -0.394 e. The molecule has 0 aromatic rings. The summed E-state index contributed by atoms with van der Waals surface area (Å²) in [6.07, 6.45) is 74.1. The van der Waals surface area contributed by atoms with E-state index in [2.05, 4.69) is 55.6 Å². The van der Waals surface area contributed by atoms with E-state index >= 15 is 0 Å². The summed E-state index contributed by atoms with van der Waals surface area (Å²) in [6.45, 7) is 4.32. The predicted molar refractivity (Wildman–Crippen MR) is 276 cm³/mol. The SMILES string of the molecule is CCCCCCCCCCC/C=C\C/C=C\CCCCCCCCCCCCCC(=O)NC(CO)C(O)/C=C/CC/C=C/CCCCCCCCCCCCCCCCCCC. The summed E-state index contributed by atoms with van der Waals surface area (Å²) in [5.74, 6) is -0.0734. The number of rotatable bonds is 51. The number of carbonyl (C=O) groups excluding carboxylic acids is 1. The van der Waals surface area contributed by atoms with Crippen molar-refractivity contribution in [3.05, 3.63) is 48.6 Å². The predicted octanol–water partition coefficient (Wildman–Crippen LogP) is 18.3. The van der Waals surface area contributed by atoms with Crippen LogP contribution in [0.5, 0.6) is 0 Å². The molecule has 0 aromatic heterocycles. The van der Waals surface area contributed by atoms with Gasteiger partial charge in [0.05, 0.1) is 18.8 Å². The Balaban J connectivity index is 3.54. The molecule has 2 atom stereocenters. The highest BCUT2D eigenvalue weighted by atomic mass is 16.3. The van der Waals surface area contributed by atoms with Gasteiger partial charge in [-0.05, 0) is 64.2 Å². The van der Waals surface area contributed by atoms with Crippen LogP contribution in [0.1, 0.15) is 296 Å². The van der Waals surface area contributed by atoms with E-state index < -0.39 is 12.1 Å². The third-order valence-corrected chi connectivity index (χ3v) is 12.8. The molecule has 2 unspecified atom stereocenters. The third kappa shape index (κ3) is 49.4. The zero-order valence-electron chi connectivity index (χ0n) is 41.9. The van der Waals surface area contributed by atoms with E-state index in [0.717, 1.165) is 38.5 Å². The van der Waals surface area contributed by atoms with Crippen molar-refractivity contribution in [2.45, 2.75) is 309 Å². The van der Waals surface area contributed by atoms with Crippen molar-refractivity contribution in [1.82, 2.24) is 5.32 Å². The summed E-state index contributed by atoms with van der Waals surface area (Å²) in [4.78, 5) is 12.5. The average Bonchev–Trinajstić information content (AvgIpc) is 3.28. The molecule has 4 heteroatoms. The van der Waals surface area contributed by atoms with Gasteiger partial charge >= 0.3 is 0 Å². The van der Waals surface area contributed by atoms with Crippen molar-refractivity contribution < 1.29 is 15.0 Å². The lowest BCUT2D eigenvalue weighted by Gasteiger charge is -2.19. The van der Waals surface area contributed by atoms with Crippen molar-refractivity contribution >= 4 is 5.91 Å². The summed E-state index contributed by atoms with van der Waals surface area (Å²) in [5, 5.41) is 23.1. The lowest BCUT2D eigenvalue weighted by Crippen LogP contribution is -2.45. The normalized spacial score (nSPS) is 13.2. The van der Waals surface area contributed by atoms with Crippen LogP contribution in [0.2, 0.25) is 0 Å². The maximum absolute atomic E-state index is 12.5. The molecule has 0 aliphatic carbocycles. The second kappa shape index (κ2) is 53.7. The Morgan fingerprint density at radius 2 is 0.677 bits per heavy atom. The van der Waals surface area contributed by atoms with Crippen LogP contribution < -0.4 is 5.32 Å². The highest BCUT2D eigenvalue weighted by Crippen LogP contribution is 2.16. The van der Waals surface area contributed by atoms with Gasteiger partial charge in [0.2, 0.25) is 5.91 Å². The van der Waals surface area contributed by atoms with Crippen LogP contribution in [0.4, 0.5) is 0 Å². The zero-order valence-corrected chi connectivity index (χ0v) is 41.9. The Morgan fingerprint density at radius 1 is 0.387 bits per heavy atom. The molecule has 0 radical (unpaired) electrons. The standard InChI is InChI=1S/C58H109NO3/c1-3-5-7-9-11-13-15-17-19-21-23-25-27-28-29-30-32-34-36-38-40-42-44-46-48-50-52-54-58(62)59-56(55-60)57(61)53-51-49-47-45-43-41-39-37-35-33-31-26-24-22-20-18-16-14-12-10-8-6-4-2/h23,25,28-29,43,45,51,53,56-57,60-61H,3-22,24,26-27,30-42,44,46-50,52,54-55H2,1-2H3,(H,59,62)/b25-23-,29-28-,45-43+,53-51+. The number of allylic oxidation sites excluding steroid dienone is 7. The van der Waals surface area contributed by atoms with Crippen molar-refractivity contribution in [1.29, 1.82) is 0 Å². The fraction of sp³-hybridized carbons (Fsp3) is 0.845. The maximum atomic E-state index is 12.5. The smallest absolute Gasteiger partial charge is 0.220 e. The number of hydrogen-bond donors (Lipinski definition) is 3. The summed E-state index contributed by atoms with van der Waals surface area (Å²) >= 11 is 0. The summed E-state index contributed by atoms with van der Waals surface area (Å²) in [7, 11) is 0. The van der Waals surface area contributed by atoms with Crippen LogP contribution >= 0.6 is 0 Å². The monoisotopic (exact) mass is 868 g/mol. The molecular formula is C58H109NO3. The molecule has 0 aromatic carbocycles. The Morgan fingerprint density at radius 3 is 1.03 bits per heavy atom. The molecule has 0 heterocycles. The fourth-order valence-electron chi connectivity index (χ4n) is 8.52. The molecule has 62 heavy (non-hydrogen) atoms. The van der Waals surface area contributed by atoms with Gasteiger partial charge < -0.3 is 15.5 Å². The molecule has 0 fully saturated rings. The minimum absolute atomic E-state index is 0.0734. The second-order valence-electron chi connectivity index (χ2n) is 19.0. The topological polar surface area (TPSA) is 69.6 Å². The summed E-state index contributed by atoms with van der Waals surface area (Å²) in [6, 6.07) is -0.642. The van der Waals surface area contributed by atoms with Gasteiger partial charge in [-0.1, -0.05) is 274 Å². The third-order valence-electron chi connectivity index (χ3n) is 12.8. The highest BCUT2D eigenvalue weighted by Gasteiger charge is 2.18. The molecule has 0 aliphatic rings. The van der Waals surface area contributed by atoms with Gasteiger partial charge in [-0.2, -0.15) is 0 Å². The number of hydrogen-bond acceptors (Lipinski definition) is 3. The van der Waals surface area contributed by atoms with E-state index in [0.29, 0.717) is 6.42 Å². The first-order valence-electron chi connectivity index (χ1n) is 27.9. The summed E-state index contributed by atoms with van der Waals surface area (Å²) in [5.41, 5.74) is 0. The average molecular weight is 869 g/mol. The van der Waals surface area contributed by atoms with Crippen LogP contribution in [0.15, 0.2) is 48.6 Å². The molecule has 364 valence electrons. The molecule has 0 aliphatic heterocycles. The molecule has 4 nitrogen and oxygen atoms in total. The minimum atomic E-state index is -0.865. The number of aliphatic hydroxyl groups excluding tert-OH is 2. The van der Waals surface area contributed by atoms with Crippen LogP contribution in [0.3, 0.4) is 0 Å². The van der Waals surface area contributed by atoms with Crippen LogP contribution in [-0.4, -0.2) is 34.9 Å². The lowest BCUT2D eigenvalue weighted by molar-refractivity contribution is -0.123. The van der Waals surface area contributed by atoms with E-state index in [1.807, 2.05) is 6.08 Å². The molecular weight excluding hydrogens is 759 g/mol. The van der Waals surface area contributed by atoms with Gasteiger partial charge in [-0.25, -0.2) is 0 Å². The Kier molecular flexibility index (Phi) is 52.3. The van der Waals surface area contributed by atoms with Gasteiger partial charge in [0, 0.05) is 6.42 Å². The Hall–Kier alpha value is -1.65. The number of aliphatic hydroxyl groups is 2. The van der Waals surface area contributed by atoms with Crippen LogP contribution in [0, 0.1) is 0 Å². The van der Waals surface area contributed by atoms with Gasteiger partial charge in [-0.15, -0.1) is 0 Å². The first-order valence-corrected chi connectivity index (χ1v) is 27.9. The van der Waals surface area contributed by atoms with Crippen molar-refractivity contribution in [3.63, 3.8) is 0 Å². The van der Waals surface area contributed by atoms with Gasteiger partial charge in [0.1, 0.15) is 0 Å². The molecule has 0 bridgehead atoms. The van der Waals surface area contributed by atoms with Gasteiger partial charge in [0.25, 0.3) is 0 Å². The lowest BCUT2D eigenvalue weighted by atomic mass is 10.0. The first kappa shape index (κ1) is 60.4. The van der Waals surface area contributed by atoms with E-state index in [4.69, 9.17) is 0 Å². The van der Waals surface area contributed by atoms with Gasteiger partial charge in [0.15, 0.2) is 0 Å². The van der Waals surface area contributed by atoms with E-state index in [1.165, 1.54) is 238 Å². The Labute approximate surface area is 388 Å². The summed E-state index contributed by atoms with van der Waals surface area (Å²) < 4.78 is 0. The highest BCUT2D eigenvalue weighted by molar-refractivity contribution is 5.76. The zero-order chi connectivity index (χ0) is 44.9. The molecule has 0 rings (SSSR count). The molecule has 0 saturated carbocycles. The van der Waals surface area contributed by atoms with Crippen molar-refractivity contribution in [2.24, 2.45) is 0 Å². The number of carbonyl (C=O) groups is 1. The number of amides is 1. The van der Waals surface area contributed by atoms with E-state index in [-0.39, 0.29) is 12.5 Å². The van der Waals surface area contributed by atoms with Gasteiger partial charge in [-0.3, -0.25) is 4.79 Å². The van der Waals surface area contributed by atoms with Crippen LogP contribution in [0.25, 0.3) is 0 Å². The quantitative estimate of drug-likeness (QED) is 0.0421. The second-order valence-corrected chi connectivity index (χ2v) is 19.0. The molecule has 3 N–H and O–H groups in total. The molecule has 1 amide bonds. The van der Waals surface area contributed by atoms with Crippen molar-refractivity contribution in [2.75, 3.05) is 6.61 Å². The maximum Gasteiger partial charge on any atom is 0.220 e. The largest absolute Gasteiger partial charge is 0.394 e. The van der Waals surface area contributed by atoms with Crippen molar-refractivity contribution in [3.8, 4) is 0 Å². The molecule has 0 spiro atoms. The van der Waals surface area contributed by atoms with Crippen LogP contribution in [-0.2, 0) is 4.79 Å². The van der Waals surface area contributed by atoms with E-state index in [9.17, 15) is 15.0 Å². The van der Waals surface area contributed by atoms with E-state index in [1.54, 1.807) is 6.08 Å². The number of nitrogens with one attached hydrogen (secondary N) is 1. The fourth-order valence-corrected chi connectivity index (χ4v) is 8.52.